The summed E-state index contributed by atoms with van der Waals surface area (Å²) in [6.07, 6.45) is 1.32. The zero-order chi connectivity index (χ0) is 25.1. The van der Waals surface area contributed by atoms with Crippen molar-refractivity contribution in [3.8, 4) is 11.5 Å². The van der Waals surface area contributed by atoms with Crippen molar-refractivity contribution >= 4 is 68.7 Å². The molecule has 0 bridgehead atoms. The number of nitrogens with one attached hydrogen (secondary N) is 1. The van der Waals surface area contributed by atoms with E-state index < -0.39 is 17.8 Å². The summed E-state index contributed by atoms with van der Waals surface area (Å²) in [5.74, 6) is -1.05. The molecule has 10 heteroatoms. The highest BCUT2D eigenvalue weighted by molar-refractivity contribution is 9.10. The van der Waals surface area contributed by atoms with E-state index in [4.69, 9.17) is 32.7 Å². The molecule has 7 nitrogen and oxygen atoms in total. The van der Waals surface area contributed by atoms with E-state index in [0.717, 1.165) is 14.9 Å². The van der Waals surface area contributed by atoms with Gasteiger partial charge in [-0.25, -0.2) is 9.69 Å². The summed E-state index contributed by atoms with van der Waals surface area (Å²) in [6, 6.07) is 16.1. The molecule has 1 aliphatic rings. The maximum atomic E-state index is 13.1. The summed E-state index contributed by atoms with van der Waals surface area (Å²) in [5.41, 5.74) is 1.18. The third-order valence-corrected chi connectivity index (χ3v) is 6.46. The lowest BCUT2D eigenvalue weighted by atomic mass is 10.1. The molecule has 3 aromatic rings. The van der Waals surface area contributed by atoms with E-state index in [2.05, 4.69) is 21.2 Å². The third-order valence-electron chi connectivity index (χ3n) is 5.09. The molecule has 0 saturated carbocycles. The first-order valence-electron chi connectivity index (χ1n) is 10.2. The van der Waals surface area contributed by atoms with Gasteiger partial charge < -0.3 is 9.47 Å². The fourth-order valence-corrected chi connectivity index (χ4v) is 4.30. The van der Waals surface area contributed by atoms with Crippen LogP contribution in [0.15, 0.2) is 70.7 Å². The molecule has 178 valence electrons. The molecular weight excluding hydrogens is 559 g/mol. The molecule has 0 unspecified atom stereocenters. The van der Waals surface area contributed by atoms with Gasteiger partial charge in [0.15, 0.2) is 11.5 Å². The maximum Gasteiger partial charge on any atom is 0.335 e. The second kappa shape index (κ2) is 10.5. The van der Waals surface area contributed by atoms with Crippen molar-refractivity contribution in [3.63, 3.8) is 0 Å². The van der Waals surface area contributed by atoms with Gasteiger partial charge >= 0.3 is 6.03 Å². The first kappa shape index (κ1) is 24.8. The van der Waals surface area contributed by atoms with Crippen LogP contribution in [-0.2, 0) is 16.2 Å². The number of halogens is 3. The van der Waals surface area contributed by atoms with E-state index in [1.807, 2.05) is 24.3 Å². The lowest BCUT2D eigenvalue weighted by molar-refractivity contribution is -0.122. The molecule has 4 amide bonds. The molecule has 1 aliphatic heterocycles. The summed E-state index contributed by atoms with van der Waals surface area (Å²) in [7, 11) is 1.45. The van der Waals surface area contributed by atoms with Crippen molar-refractivity contribution in [1.29, 1.82) is 0 Å². The third kappa shape index (κ3) is 5.19. The molecule has 1 N–H and O–H groups in total. The molecule has 0 atom stereocenters. The summed E-state index contributed by atoms with van der Waals surface area (Å²) >= 11 is 16.1. The number of imide groups is 2. The number of urea groups is 1. The van der Waals surface area contributed by atoms with E-state index in [-0.39, 0.29) is 27.9 Å². The van der Waals surface area contributed by atoms with Crippen LogP contribution in [0.4, 0.5) is 10.5 Å². The van der Waals surface area contributed by atoms with Gasteiger partial charge in [-0.15, -0.1) is 0 Å². The van der Waals surface area contributed by atoms with Crippen LogP contribution in [0.1, 0.15) is 11.1 Å². The Hall–Kier alpha value is -3.33. The van der Waals surface area contributed by atoms with Crippen molar-refractivity contribution < 1.29 is 23.9 Å². The Morgan fingerprint density at radius 1 is 1.00 bits per heavy atom. The first-order chi connectivity index (χ1) is 16.8. The van der Waals surface area contributed by atoms with Crippen molar-refractivity contribution in [2.24, 2.45) is 0 Å². The molecule has 4 rings (SSSR count). The predicted molar refractivity (Wildman–Crippen MR) is 137 cm³/mol. The average molecular weight is 576 g/mol. The van der Waals surface area contributed by atoms with Gasteiger partial charge in [0, 0.05) is 10.0 Å². The molecule has 0 aliphatic carbocycles. The minimum atomic E-state index is -0.892. The highest BCUT2D eigenvalue weighted by Crippen LogP contribution is 2.38. The lowest BCUT2D eigenvalue weighted by Gasteiger charge is -2.27. The van der Waals surface area contributed by atoms with Gasteiger partial charge in [-0.3, -0.25) is 14.9 Å². The Balaban J connectivity index is 1.66. The number of hydrogen-bond donors (Lipinski definition) is 1. The Labute approximate surface area is 219 Å². The van der Waals surface area contributed by atoms with Crippen molar-refractivity contribution in [2.45, 2.75) is 6.61 Å². The molecular formula is C25H17BrCl2N2O5. The zero-order valence-corrected chi connectivity index (χ0v) is 21.3. The average Bonchev–Trinajstić information content (AvgIpc) is 2.83. The minimum Gasteiger partial charge on any atom is -0.493 e. The maximum absolute atomic E-state index is 13.1. The molecule has 1 fully saturated rings. The van der Waals surface area contributed by atoms with Crippen LogP contribution in [0, 0.1) is 0 Å². The van der Waals surface area contributed by atoms with Gasteiger partial charge in [-0.2, -0.15) is 0 Å². The van der Waals surface area contributed by atoms with E-state index in [0.29, 0.717) is 17.1 Å². The van der Waals surface area contributed by atoms with Crippen LogP contribution >= 0.6 is 39.1 Å². The number of methoxy groups -OCH3 is 1. The largest absolute Gasteiger partial charge is 0.493 e. The fourth-order valence-electron chi connectivity index (χ4n) is 3.40. The van der Waals surface area contributed by atoms with E-state index in [9.17, 15) is 14.4 Å². The first-order valence-corrected chi connectivity index (χ1v) is 11.7. The SMILES string of the molecule is COc1cc(/C=C2\C(=O)NC(=O)N(c3ccccc3Cl)C2=O)cc(Cl)c1OCc1ccccc1Br. The number of carbonyl (C=O) groups excluding carboxylic acids is 3. The lowest BCUT2D eigenvalue weighted by Crippen LogP contribution is -2.54. The minimum absolute atomic E-state index is 0.154. The summed E-state index contributed by atoms with van der Waals surface area (Å²) < 4.78 is 12.2. The molecule has 35 heavy (non-hydrogen) atoms. The Morgan fingerprint density at radius 2 is 1.71 bits per heavy atom. The zero-order valence-electron chi connectivity index (χ0n) is 18.2. The predicted octanol–water partition coefficient (Wildman–Crippen LogP) is 6.01. The molecule has 3 aromatic carbocycles. The number of carbonyl (C=O) groups is 3. The summed E-state index contributed by atoms with van der Waals surface area (Å²) in [6.45, 7) is 0.230. The number of hydrogen-bond acceptors (Lipinski definition) is 5. The van der Waals surface area contributed by atoms with E-state index in [1.54, 1.807) is 18.2 Å². The second-order valence-electron chi connectivity index (χ2n) is 7.32. The van der Waals surface area contributed by atoms with Gasteiger partial charge in [0.05, 0.1) is 22.8 Å². The van der Waals surface area contributed by atoms with Crippen LogP contribution in [0.5, 0.6) is 11.5 Å². The fraction of sp³-hybridized carbons (Fsp3) is 0.0800. The molecule has 1 heterocycles. The monoisotopic (exact) mass is 574 g/mol. The van der Waals surface area contributed by atoms with E-state index >= 15 is 0 Å². The number of benzene rings is 3. The smallest absolute Gasteiger partial charge is 0.335 e. The number of anilines is 1. The second-order valence-corrected chi connectivity index (χ2v) is 8.99. The quantitative estimate of drug-likeness (QED) is 0.287. The number of nitrogens with zero attached hydrogens (tertiary/aromatic N) is 1. The Kier molecular flexibility index (Phi) is 7.45. The topological polar surface area (TPSA) is 84.9 Å². The summed E-state index contributed by atoms with van der Waals surface area (Å²) in [5, 5.41) is 2.56. The number of rotatable bonds is 6. The highest BCUT2D eigenvalue weighted by atomic mass is 79.9. The standard InChI is InChI=1S/C25H17BrCl2N2O5/c1-34-21-12-14(11-19(28)22(21)35-13-15-6-2-3-7-17(15)26)10-16-23(31)29-25(33)30(24(16)32)20-9-5-4-8-18(20)27/h2-12H,13H2,1H3,(H,29,31,33)/b16-10+. The number of barbiturate groups is 1. The number of para-hydroxylation sites is 1. The molecule has 1 saturated heterocycles. The van der Waals surface area contributed by atoms with Gasteiger partial charge in [-0.05, 0) is 42.0 Å². The van der Waals surface area contributed by atoms with E-state index in [1.165, 1.54) is 31.4 Å². The van der Waals surface area contributed by atoms with Crippen molar-refractivity contribution in [2.75, 3.05) is 12.0 Å². The van der Waals surface area contributed by atoms with Crippen LogP contribution in [0.25, 0.3) is 6.08 Å². The van der Waals surface area contributed by atoms with Crippen LogP contribution in [-0.4, -0.2) is 25.0 Å². The Morgan fingerprint density at radius 3 is 2.43 bits per heavy atom. The van der Waals surface area contributed by atoms with Crippen LogP contribution in [0.3, 0.4) is 0 Å². The van der Waals surface area contributed by atoms with Gasteiger partial charge in [-0.1, -0.05) is 69.5 Å². The molecule has 0 spiro atoms. The van der Waals surface area contributed by atoms with Crippen LogP contribution < -0.4 is 19.7 Å². The summed E-state index contributed by atoms with van der Waals surface area (Å²) in [4.78, 5) is 38.8. The van der Waals surface area contributed by atoms with Crippen molar-refractivity contribution in [3.05, 3.63) is 91.9 Å². The number of ether oxygens (including phenoxy) is 2. The van der Waals surface area contributed by atoms with Crippen LogP contribution in [0.2, 0.25) is 10.0 Å². The highest BCUT2D eigenvalue weighted by Gasteiger charge is 2.37. The normalized spacial score (nSPS) is 14.8. The van der Waals surface area contributed by atoms with Crippen molar-refractivity contribution in [1.82, 2.24) is 5.32 Å². The Bertz CT molecular complexity index is 1380. The number of amides is 4. The van der Waals surface area contributed by atoms with Gasteiger partial charge in [0.2, 0.25) is 0 Å². The molecule has 0 aromatic heterocycles. The van der Waals surface area contributed by atoms with Gasteiger partial charge in [0.1, 0.15) is 12.2 Å². The molecule has 0 radical (unpaired) electrons. The van der Waals surface area contributed by atoms with Gasteiger partial charge in [0.25, 0.3) is 11.8 Å².